The fourth-order valence-corrected chi connectivity index (χ4v) is 2.65. The van der Waals surface area contributed by atoms with Gasteiger partial charge in [0.15, 0.2) is 0 Å². The Bertz CT molecular complexity index is 423. The monoisotopic (exact) mass is 284 g/mol. The summed E-state index contributed by atoms with van der Waals surface area (Å²) in [5.41, 5.74) is 6.73. The first-order chi connectivity index (χ1) is 8.86. The predicted molar refractivity (Wildman–Crippen MR) is 79.8 cm³/mol. The molecule has 0 atom stereocenters. The third-order valence-electron chi connectivity index (χ3n) is 2.94. The molecule has 1 rings (SSSR count). The third-order valence-corrected chi connectivity index (χ3v) is 3.77. The van der Waals surface area contributed by atoms with E-state index in [1.165, 1.54) is 0 Å². The van der Waals surface area contributed by atoms with E-state index in [1.54, 1.807) is 11.3 Å². The van der Waals surface area contributed by atoms with Gasteiger partial charge in [0.25, 0.3) is 0 Å². The number of nitrogens with zero attached hydrogens (tertiary/aromatic N) is 3. The van der Waals surface area contributed by atoms with Gasteiger partial charge in [-0.2, -0.15) is 0 Å². The number of rotatable bonds is 6. The molecule has 1 heterocycles. The standard InChI is InChI=1S/C13H24N4OS/c1-5-17(7-6-11(14)16-18)8-12-15-10(9-19-12)13(2,3)4/h9,18H,5-8H2,1-4H3,(H2,14,16). The molecule has 0 aliphatic carbocycles. The molecule has 0 aliphatic rings. The summed E-state index contributed by atoms with van der Waals surface area (Å²) in [6.07, 6.45) is 0.571. The summed E-state index contributed by atoms with van der Waals surface area (Å²) in [4.78, 5) is 6.92. The maximum atomic E-state index is 8.54. The molecule has 0 radical (unpaired) electrons. The van der Waals surface area contributed by atoms with Gasteiger partial charge in [-0.1, -0.05) is 32.9 Å². The lowest BCUT2D eigenvalue weighted by molar-refractivity contribution is 0.282. The molecule has 0 amide bonds. The van der Waals surface area contributed by atoms with Crippen LogP contribution in [0.1, 0.15) is 44.8 Å². The molecule has 19 heavy (non-hydrogen) atoms. The Kier molecular flexibility index (Phi) is 5.75. The number of amidine groups is 1. The minimum atomic E-state index is 0.0970. The average molecular weight is 284 g/mol. The smallest absolute Gasteiger partial charge is 0.140 e. The number of hydrogen-bond donors (Lipinski definition) is 2. The average Bonchev–Trinajstić information content (AvgIpc) is 2.82. The molecule has 0 fully saturated rings. The summed E-state index contributed by atoms with van der Waals surface area (Å²) >= 11 is 1.70. The highest BCUT2D eigenvalue weighted by Crippen LogP contribution is 2.24. The predicted octanol–water partition coefficient (Wildman–Crippen LogP) is 2.40. The van der Waals surface area contributed by atoms with Crippen LogP contribution < -0.4 is 5.73 Å². The van der Waals surface area contributed by atoms with E-state index in [0.717, 1.165) is 30.3 Å². The van der Waals surface area contributed by atoms with Crippen molar-refractivity contribution in [2.24, 2.45) is 10.9 Å². The van der Waals surface area contributed by atoms with Gasteiger partial charge in [0.2, 0.25) is 0 Å². The number of nitrogens with two attached hydrogens (primary N) is 1. The number of oxime groups is 1. The van der Waals surface area contributed by atoms with Crippen LogP contribution >= 0.6 is 11.3 Å². The van der Waals surface area contributed by atoms with Gasteiger partial charge in [-0.25, -0.2) is 4.98 Å². The molecule has 0 aromatic carbocycles. The highest BCUT2D eigenvalue weighted by molar-refractivity contribution is 7.09. The van der Waals surface area contributed by atoms with Crippen LogP contribution in [0.5, 0.6) is 0 Å². The van der Waals surface area contributed by atoms with Crippen LogP contribution in [0, 0.1) is 0 Å². The lowest BCUT2D eigenvalue weighted by Gasteiger charge is -2.18. The molecule has 6 heteroatoms. The summed E-state index contributed by atoms with van der Waals surface area (Å²) in [6, 6.07) is 0. The summed E-state index contributed by atoms with van der Waals surface area (Å²) in [5.74, 6) is 0.271. The van der Waals surface area contributed by atoms with Crippen molar-refractivity contribution in [2.45, 2.75) is 46.1 Å². The second-order valence-electron chi connectivity index (χ2n) is 5.59. The molecule has 0 bridgehead atoms. The van der Waals surface area contributed by atoms with Crippen molar-refractivity contribution < 1.29 is 5.21 Å². The number of thiazole rings is 1. The first-order valence-electron chi connectivity index (χ1n) is 6.50. The summed E-state index contributed by atoms with van der Waals surface area (Å²) in [7, 11) is 0. The van der Waals surface area contributed by atoms with Gasteiger partial charge in [-0.05, 0) is 6.54 Å². The number of hydrogen-bond acceptors (Lipinski definition) is 5. The second-order valence-corrected chi connectivity index (χ2v) is 6.53. The normalized spacial score (nSPS) is 13.2. The van der Waals surface area contributed by atoms with Crippen molar-refractivity contribution in [1.29, 1.82) is 0 Å². The van der Waals surface area contributed by atoms with Crippen molar-refractivity contribution in [3.63, 3.8) is 0 Å². The van der Waals surface area contributed by atoms with E-state index >= 15 is 0 Å². The lowest BCUT2D eigenvalue weighted by Crippen LogP contribution is -2.28. The van der Waals surface area contributed by atoms with Crippen LogP contribution in [-0.4, -0.2) is 34.0 Å². The largest absolute Gasteiger partial charge is 0.409 e. The maximum Gasteiger partial charge on any atom is 0.140 e. The highest BCUT2D eigenvalue weighted by Gasteiger charge is 2.18. The molecule has 0 saturated carbocycles. The first-order valence-corrected chi connectivity index (χ1v) is 7.38. The fraction of sp³-hybridized carbons (Fsp3) is 0.692. The second kappa shape index (κ2) is 6.86. The summed E-state index contributed by atoms with van der Waals surface area (Å²) in [5, 5.41) is 14.8. The van der Waals surface area contributed by atoms with Crippen LogP contribution in [-0.2, 0) is 12.0 Å². The molecule has 1 aromatic heterocycles. The molecule has 0 unspecified atom stereocenters. The van der Waals surface area contributed by atoms with Gasteiger partial charge in [-0.3, -0.25) is 4.90 Å². The van der Waals surface area contributed by atoms with Gasteiger partial charge in [0.05, 0.1) is 12.2 Å². The topological polar surface area (TPSA) is 74.7 Å². The van der Waals surface area contributed by atoms with E-state index in [0.29, 0.717) is 6.42 Å². The fourth-order valence-electron chi connectivity index (χ4n) is 1.59. The number of aromatic nitrogens is 1. The quantitative estimate of drug-likeness (QED) is 0.364. The Morgan fingerprint density at radius 2 is 2.21 bits per heavy atom. The van der Waals surface area contributed by atoms with Crippen molar-refractivity contribution in [3.8, 4) is 0 Å². The zero-order valence-electron chi connectivity index (χ0n) is 12.2. The van der Waals surface area contributed by atoms with Crippen molar-refractivity contribution in [3.05, 3.63) is 16.1 Å². The summed E-state index contributed by atoms with van der Waals surface area (Å²) < 4.78 is 0. The van der Waals surface area contributed by atoms with E-state index in [4.69, 9.17) is 10.9 Å². The first kappa shape index (κ1) is 15.9. The summed E-state index contributed by atoms with van der Waals surface area (Å²) in [6.45, 7) is 11.1. The molecule has 5 nitrogen and oxygen atoms in total. The SMILES string of the molecule is CCN(CCC(N)=NO)Cc1nc(C(C)(C)C)cs1. The van der Waals surface area contributed by atoms with Gasteiger partial charge in [-0.15, -0.1) is 11.3 Å². The van der Waals surface area contributed by atoms with Crippen LogP contribution in [0.15, 0.2) is 10.5 Å². The van der Waals surface area contributed by atoms with Crippen LogP contribution in [0.4, 0.5) is 0 Å². The van der Waals surface area contributed by atoms with Crippen LogP contribution in [0.25, 0.3) is 0 Å². The van der Waals surface area contributed by atoms with Gasteiger partial charge in [0.1, 0.15) is 10.8 Å². The molecule has 1 aromatic rings. The molecule has 0 saturated heterocycles. The lowest BCUT2D eigenvalue weighted by atomic mass is 9.93. The van der Waals surface area contributed by atoms with E-state index < -0.39 is 0 Å². The molecular formula is C13H24N4OS. The Morgan fingerprint density at radius 1 is 1.53 bits per heavy atom. The van der Waals surface area contributed by atoms with E-state index in [2.05, 4.69) is 48.1 Å². The van der Waals surface area contributed by atoms with Gasteiger partial charge < -0.3 is 10.9 Å². The highest BCUT2D eigenvalue weighted by atomic mass is 32.1. The molecule has 0 spiro atoms. The molecule has 3 N–H and O–H groups in total. The zero-order chi connectivity index (χ0) is 14.5. The minimum Gasteiger partial charge on any atom is -0.409 e. The third kappa shape index (κ3) is 5.16. The van der Waals surface area contributed by atoms with Crippen LogP contribution in [0.3, 0.4) is 0 Å². The Hall–Kier alpha value is -1.14. The molecular weight excluding hydrogens is 260 g/mol. The van der Waals surface area contributed by atoms with E-state index in [-0.39, 0.29) is 11.3 Å². The Morgan fingerprint density at radius 3 is 2.68 bits per heavy atom. The van der Waals surface area contributed by atoms with Crippen LogP contribution in [0.2, 0.25) is 0 Å². The van der Waals surface area contributed by atoms with Gasteiger partial charge >= 0.3 is 0 Å². The van der Waals surface area contributed by atoms with E-state index in [1.807, 2.05) is 0 Å². The Labute approximate surface area is 119 Å². The molecule has 0 aliphatic heterocycles. The van der Waals surface area contributed by atoms with Crippen molar-refractivity contribution in [1.82, 2.24) is 9.88 Å². The minimum absolute atomic E-state index is 0.0970. The zero-order valence-corrected chi connectivity index (χ0v) is 13.0. The van der Waals surface area contributed by atoms with Crippen molar-refractivity contribution in [2.75, 3.05) is 13.1 Å². The van der Waals surface area contributed by atoms with Crippen molar-refractivity contribution >= 4 is 17.2 Å². The molecule has 108 valence electrons. The Balaban J connectivity index is 2.58. The maximum absolute atomic E-state index is 8.54. The van der Waals surface area contributed by atoms with E-state index in [9.17, 15) is 0 Å². The van der Waals surface area contributed by atoms with Gasteiger partial charge in [0, 0.05) is 23.8 Å².